The summed E-state index contributed by atoms with van der Waals surface area (Å²) in [6.07, 6.45) is 7.10. The van der Waals surface area contributed by atoms with Crippen LogP contribution in [0.4, 0.5) is 0 Å². The molecule has 30 heavy (non-hydrogen) atoms. The van der Waals surface area contributed by atoms with Crippen molar-refractivity contribution in [3.63, 3.8) is 0 Å². The van der Waals surface area contributed by atoms with E-state index in [0.717, 1.165) is 38.7 Å². The van der Waals surface area contributed by atoms with Crippen LogP contribution in [0.2, 0.25) is 0 Å². The molecule has 0 spiro atoms. The minimum Gasteiger partial charge on any atom is -0.386 e. The van der Waals surface area contributed by atoms with Gasteiger partial charge in [-0.2, -0.15) is 0 Å². The molecule has 0 unspecified atom stereocenters. The third-order valence-electron chi connectivity index (χ3n) is 5.45. The minimum atomic E-state index is -0.597. The number of hydrogen-bond acceptors (Lipinski definition) is 3. The summed E-state index contributed by atoms with van der Waals surface area (Å²) in [6.45, 7) is 1.49. The van der Waals surface area contributed by atoms with E-state index in [-0.39, 0.29) is 24.1 Å². The molecule has 2 aromatic rings. The van der Waals surface area contributed by atoms with Crippen molar-refractivity contribution in [3.8, 4) is 0 Å². The lowest BCUT2D eigenvalue weighted by molar-refractivity contribution is 0.0943. The third-order valence-corrected chi connectivity index (χ3v) is 5.45. The van der Waals surface area contributed by atoms with Crippen molar-refractivity contribution in [2.45, 2.75) is 57.1 Å². The van der Waals surface area contributed by atoms with Crippen molar-refractivity contribution in [2.24, 2.45) is 5.73 Å². The van der Waals surface area contributed by atoms with Gasteiger partial charge in [0.1, 0.15) is 5.84 Å². The topological polar surface area (TPSA) is 88.2 Å². The molecule has 0 saturated heterocycles. The molecular weight excluding hydrogens is 398 g/mol. The number of amidine groups is 1. The second kappa shape index (κ2) is 11.7. The monoisotopic (exact) mass is 429 g/mol. The number of unbranched alkanes of at least 4 members (excludes halogenated alkanes) is 3. The van der Waals surface area contributed by atoms with Crippen LogP contribution in [0.5, 0.6) is 0 Å². The Morgan fingerprint density at radius 2 is 1.63 bits per heavy atom. The first-order valence-electron chi connectivity index (χ1n) is 10.5. The number of hydrogen-bond donors (Lipinski definition) is 3. The summed E-state index contributed by atoms with van der Waals surface area (Å²) >= 11 is 0. The fourth-order valence-corrected chi connectivity index (χ4v) is 3.35. The van der Waals surface area contributed by atoms with Crippen molar-refractivity contribution in [3.05, 3.63) is 71.3 Å². The molecule has 1 saturated carbocycles. The molecule has 1 aliphatic rings. The number of nitrogens with one attached hydrogen (secondary N) is 2. The average Bonchev–Trinajstić information content (AvgIpc) is 3.52. The predicted molar refractivity (Wildman–Crippen MR) is 123 cm³/mol. The van der Waals surface area contributed by atoms with Crippen molar-refractivity contribution < 1.29 is 9.53 Å². The van der Waals surface area contributed by atoms with E-state index in [1.54, 1.807) is 0 Å². The van der Waals surface area contributed by atoms with Gasteiger partial charge < -0.3 is 15.8 Å². The summed E-state index contributed by atoms with van der Waals surface area (Å²) in [4.78, 5) is 12.3. The van der Waals surface area contributed by atoms with Crippen molar-refractivity contribution in [2.75, 3.05) is 6.61 Å². The zero-order valence-electron chi connectivity index (χ0n) is 17.4. The molecule has 0 heterocycles. The van der Waals surface area contributed by atoms with E-state index in [1.165, 1.54) is 24.0 Å². The van der Waals surface area contributed by atoms with Crippen LogP contribution >= 0.6 is 12.4 Å². The number of rotatable bonds is 12. The second-order valence-electron chi connectivity index (χ2n) is 7.85. The molecule has 2 aromatic carbocycles. The molecule has 6 heteroatoms. The van der Waals surface area contributed by atoms with Crippen LogP contribution in [0.15, 0.2) is 54.6 Å². The Labute approximate surface area is 185 Å². The normalized spacial score (nSPS) is 13.9. The number of halogens is 1. The Hall–Kier alpha value is -2.37. The lowest BCUT2D eigenvalue weighted by Crippen LogP contribution is -2.46. The molecule has 5 nitrogen and oxygen atoms in total. The van der Waals surface area contributed by atoms with E-state index in [4.69, 9.17) is 15.9 Å². The van der Waals surface area contributed by atoms with Crippen LogP contribution < -0.4 is 11.1 Å². The van der Waals surface area contributed by atoms with Crippen LogP contribution in [0.25, 0.3) is 0 Å². The molecule has 162 valence electrons. The zero-order valence-corrected chi connectivity index (χ0v) is 18.2. The smallest absolute Gasteiger partial charge is 0.252 e. The van der Waals surface area contributed by atoms with E-state index in [2.05, 4.69) is 17.4 Å². The number of amides is 1. The number of benzene rings is 2. The highest BCUT2D eigenvalue weighted by atomic mass is 35.5. The number of nitrogens with two attached hydrogens (primary N) is 1. The summed E-state index contributed by atoms with van der Waals surface area (Å²) in [7, 11) is 0. The number of carbonyl (C=O) groups is 1. The Bertz CT molecular complexity index is 805. The van der Waals surface area contributed by atoms with Gasteiger partial charge in [0, 0.05) is 12.2 Å². The van der Waals surface area contributed by atoms with E-state index in [0.29, 0.717) is 12.2 Å². The number of aryl methyl sites for hydroxylation is 1. The molecule has 0 atom stereocenters. The maximum absolute atomic E-state index is 12.3. The van der Waals surface area contributed by atoms with Crippen molar-refractivity contribution in [1.82, 2.24) is 5.32 Å². The van der Waals surface area contributed by atoms with E-state index >= 15 is 0 Å². The minimum absolute atomic E-state index is 0. The van der Waals surface area contributed by atoms with Gasteiger partial charge in [-0.1, -0.05) is 55.3 Å². The van der Waals surface area contributed by atoms with Gasteiger partial charge in [0.05, 0.1) is 12.1 Å². The van der Waals surface area contributed by atoms with Crippen LogP contribution in [0.3, 0.4) is 0 Å². The maximum Gasteiger partial charge on any atom is 0.252 e. The lowest BCUT2D eigenvalue weighted by atomic mass is 10.0. The van der Waals surface area contributed by atoms with Gasteiger partial charge in [0.15, 0.2) is 0 Å². The summed E-state index contributed by atoms with van der Waals surface area (Å²) in [6, 6.07) is 18.0. The van der Waals surface area contributed by atoms with Gasteiger partial charge in [-0.25, -0.2) is 0 Å². The molecule has 0 aliphatic heterocycles. The average molecular weight is 430 g/mol. The van der Waals surface area contributed by atoms with E-state index in [9.17, 15) is 4.79 Å². The highest BCUT2D eigenvalue weighted by Gasteiger charge is 2.47. The summed E-state index contributed by atoms with van der Waals surface area (Å²) in [5.41, 5.74) is 8.07. The first kappa shape index (κ1) is 23.9. The lowest BCUT2D eigenvalue weighted by Gasteiger charge is -2.15. The van der Waals surface area contributed by atoms with Gasteiger partial charge in [-0.3, -0.25) is 10.2 Å². The highest BCUT2D eigenvalue weighted by molar-refractivity contribution is 6.01. The Morgan fingerprint density at radius 1 is 0.967 bits per heavy atom. The molecule has 0 bridgehead atoms. The fraction of sp³-hybridized carbons (Fsp3) is 0.417. The number of ether oxygens (including phenoxy) is 1. The maximum atomic E-state index is 12.3. The Morgan fingerprint density at radius 3 is 2.27 bits per heavy atom. The SMILES string of the molecule is Cl.N=C(N)C1(NC(=O)c2ccc(CCCCCCOCc3ccccc3)cc2)CC1. The predicted octanol–water partition coefficient (Wildman–Crippen LogP) is 4.63. The Kier molecular flexibility index (Phi) is 9.34. The summed E-state index contributed by atoms with van der Waals surface area (Å²) < 4.78 is 5.71. The van der Waals surface area contributed by atoms with E-state index < -0.39 is 5.54 Å². The molecule has 0 aromatic heterocycles. The van der Waals surface area contributed by atoms with Crippen LogP contribution in [-0.4, -0.2) is 23.9 Å². The Balaban J connectivity index is 0.00000320. The van der Waals surface area contributed by atoms with Crippen LogP contribution in [-0.2, 0) is 17.8 Å². The molecule has 1 fully saturated rings. The van der Waals surface area contributed by atoms with E-state index in [1.807, 2.05) is 42.5 Å². The third kappa shape index (κ3) is 7.15. The first-order chi connectivity index (χ1) is 14.1. The van der Waals surface area contributed by atoms with Crippen molar-refractivity contribution in [1.29, 1.82) is 5.41 Å². The molecular formula is C24H32ClN3O2. The van der Waals surface area contributed by atoms with Crippen LogP contribution in [0.1, 0.15) is 60.0 Å². The second-order valence-corrected chi connectivity index (χ2v) is 7.85. The van der Waals surface area contributed by atoms with Crippen molar-refractivity contribution >= 4 is 24.1 Å². The van der Waals surface area contributed by atoms with Gasteiger partial charge >= 0.3 is 0 Å². The molecule has 4 N–H and O–H groups in total. The first-order valence-corrected chi connectivity index (χ1v) is 10.5. The molecule has 1 aliphatic carbocycles. The highest BCUT2D eigenvalue weighted by Crippen LogP contribution is 2.35. The van der Waals surface area contributed by atoms with Gasteiger partial charge in [-0.05, 0) is 55.4 Å². The quantitative estimate of drug-likeness (QED) is 0.261. The molecule has 3 rings (SSSR count). The fourth-order valence-electron chi connectivity index (χ4n) is 3.35. The van der Waals surface area contributed by atoms with Crippen LogP contribution in [0, 0.1) is 5.41 Å². The molecule has 1 amide bonds. The molecule has 0 radical (unpaired) electrons. The summed E-state index contributed by atoms with van der Waals surface area (Å²) in [5, 5.41) is 10.5. The van der Waals surface area contributed by atoms with Gasteiger partial charge in [0.25, 0.3) is 5.91 Å². The zero-order chi connectivity index (χ0) is 20.5. The largest absolute Gasteiger partial charge is 0.386 e. The standard InChI is InChI=1S/C24H31N3O2.ClH/c25-23(26)24(15-16-24)27-22(28)21-13-11-19(12-14-21)8-4-1-2-7-17-29-18-20-9-5-3-6-10-20;/h3,5-6,9-14H,1-2,4,7-8,15-18H2,(H3,25,26)(H,27,28);1H. The van der Waals surface area contributed by atoms with Gasteiger partial charge in [-0.15, -0.1) is 12.4 Å². The van der Waals surface area contributed by atoms with Gasteiger partial charge in [0.2, 0.25) is 0 Å². The number of carbonyl (C=O) groups excluding carboxylic acids is 1. The summed E-state index contributed by atoms with van der Waals surface area (Å²) in [5.74, 6) is -0.104.